The van der Waals surface area contributed by atoms with Gasteiger partial charge in [0.15, 0.2) is 5.78 Å². The minimum Gasteiger partial charge on any atom is -0.383 e. The molecular weight excluding hydrogens is 294 g/mol. The van der Waals surface area contributed by atoms with E-state index in [4.69, 9.17) is 4.74 Å². The molecule has 2 rings (SSSR count). The van der Waals surface area contributed by atoms with Gasteiger partial charge >= 0.3 is 6.03 Å². The van der Waals surface area contributed by atoms with Gasteiger partial charge in [-0.15, -0.1) is 0 Å². The number of amides is 2. The molecule has 1 fully saturated rings. The first-order valence-corrected chi connectivity index (χ1v) is 7.95. The summed E-state index contributed by atoms with van der Waals surface area (Å²) in [5.41, 5.74) is 1.22. The number of carbonyl (C=O) groups is 2. The Kier molecular flexibility index (Phi) is 6.55. The van der Waals surface area contributed by atoms with Gasteiger partial charge in [-0.1, -0.05) is 12.1 Å². The number of hydrogen-bond donors (Lipinski definition) is 2. The molecule has 1 aliphatic heterocycles. The van der Waals surface area contributed by atoms with E-state index in [2.05, 4.69) is 15.5 Å². The number of likely N-dealkylation sites (tertiary alicyclic amines) is 1. The quantitative estimate of drug-likeness (QED) is 0.754. The molecule has 1 unspecified atom stereocenters. The first kappa shape index (κ1) is 17.4. The maximum Gasteiger partial charge on any atom is 0.319 e. The molecule has 2 amide bonds. The van der Waals surface area contributed by atoms with Crippen LogP contribution in [0, 0.1) is 5.92 Å². The molecule has 0 aliphatic carbocycles. The largest absolute Gasteiger partial charge is 0.383 e. The zero-order valence-corrected chi connectivity index (χ0v) is 13.8. The molecular formula is C17H25N3O3. The van der Waals surface area contributed by atoms with Crippen molar-refractivity contribution in [1.82, 2.24) is 10.2 Å². The van der Waals surface area contributed by atoms with E-state index in [1.807, 2.05) is 0 Å². The minimum absolute atomic E-state index is 0.0174. The zero-order valence-electron chi connectivity index (χ0n) is 13.8. The van der Waals surface area contributed by atoms with Crippen molar-refractivity contribution in [3.8, 4) is 0 Å². The maximum absolute atomic E-state index is 12.0. The third kappa shape index (κ3) is 5.65. The average molecular weight is 319 g/mol. The summed E-state index contributed by atoms with van der Waals surface area (Å²) in [6.45, 7) is 5.89. The second-order valence-electron chi connectivity index (χ2n) is 5.92. The molecule has 0 saturated carbocycles. The van der Waals surface area contributed by atoms with E-state index >= 15 is 0 Å². The molecule has 0 bridgehead atoms. The van der Waals surface area contributed by atoms with Gasteiger partial charge in [-0.2, -0.15) is 0 Å². The van der Waals surface area contributed by atoms with E-state index in [9.17, 15) is 9.59 Å². The fourth-order valence-electron chi connectivity index (χ4n) is 2.73. The molecule has 2 N–H and O–H groups in total. The maximum atomic E-state index is 12.0. The Morgan fingerprint density at radius 3 is 2.96 bits per heavy atom. The number of benzene rings is 1. The molecule has 1 aromatic rings. The zero-order chi connectivity index (χ0) is 16.7. The standard InChI is InChI=1S/C17H25N3O3/c1-13(21)15-4-3-5-16(10-15)19-17(22)18-11-14-6-7-20(12-14)8-9-23-2/h3-5,10,14H,6-9,11-12H2,1-2H3,(H2,18,19,22). The van der Waals surface area contributed by atoms with Crippen LogP contribution in [0.4, 0.5) is 10.5 Å². The minimum atomic E-state index is -0.235. The van der Waals surface area contributed by atoms with Gasteiger partial charge in [-0.25, -0.2) is 4.79 Å². The van der Waals surface area contributed by atoms with E-state index in [1.54, 1.807) is 31.4 Å². The lowest BCUT2D eigenvalue weighted by Crippen LogP contribution is -2.34. The van der Waals surface area contributed by atoms with E-state index in [0.29, 0.717) is 23.7 Å². The second kappa shape index (κ2) is 8.64. The van der Waals surface area contributed by atoms with Crippen molar-refractivity contribution in [2.24, 2.45) is 5.92 Å². The fourth-order valence-corrected chi connectivity index (χ4v) is 2.73. The number of rotatable bonds is 7. The van der Waals surface area contributed by atoms with Crippen molar-refractivity contribution in [3.63, 3.8) is 0 Å². The first-order chi connectivity index (χ1) is 11.1. The smallest absolute Gasteiger partial charge is 0.319 e. The van der Waals surface area contributed by atoms with Crippen LogP contribution in [0.25, 0.3) is 0 Å². The van der Waals surface area contributed by atoms with Crippen LogP contribution in [0.2, 0.25) is 0 Å². The van der Waals surface area contributed by atoms with Crippen LogP contribution in [0.5, 0.6) is 0 Å². The van der Waals surface area contributed by atoms with Crippen LogP contribution in [0.15, 0.2) is 24.3 Å². The number of anilines is 1. The number of hydrogen-bond acceptors (Lipinski definition) is 4. The highest BCUT2D eigenvalue weighted by Crippen LogP contribution is 2.15. The number of methoxy groups -OCH3 is 1. The fraction of sp³-hybridized carbons (Fsp3) is 0.529. The predicted octanol–water partition coefficient (Wildman–Crippen LogP) is 1.98. The molecule has 1 heterocycles. The first-order valence-electron chi connectivity index (χ1n) is 7.95. The summed E-state index contributed by atoms with van der Waals surface area (Å²) in [6, 6.07) is 6.72. The second-order valence-corrected chi connectivity index (χ2v) is 5.92. The van der Waals surface area contributed by atoms with E-state index in [1.165, 1.54) is 6.92 Å². The van der Waals surface area contributed by atoms with E-state index < -0.39 is 0 Å². The molecule has 1 aliphatic rings. The molecule has 126 valence electrons. The number of urea groups is 1. The number of Topliss-reactive ketones (excluding diaryl/α,β-unsaturated/α-hetero) is 1. The predicted molar refractivity (Wildman–Crippen MR) is 89.9 cm³/mol. The Hall–Kier alpha value is -1.92. The molecule has 6 heteroatoms. The van der Waals surface area contributed by atoms with Crippen LogP contribution in [-0.4, -0.2) is 56.6 Å². The number of carbonyl (C=O) groups excluding carboxylic acids is 2. The summed E-state index contributed by atoms with van der Waals surface area (Å²) < 4.78 is 5.08. The molecule has 23 heavy (non-hydrogen) atoms. The van der Waals surface area contributed by atoms with Crippen LogP contribution in [0.1, 0.15) is 23.7 Å². The third-order valence-corrected chi connectivity index (χ3v) is 4.06. The Morgan fingerprint density at radius 2 is 2.22 bits per heavy atom. The molecule has 1 saturated heterocycles. The summed E-state index contributed by atoms with van der Waals surface area (Å²) in [6.07, 6.45) is 1.09. The van der Waals surface area contributed by atoms with Gasteiger partial charge in [-0.05, 0) is 37.9 Å². The number of ketones is 1. The lowest BCUT2D eigenvalue weighted by atomic mass is 10.1. The molecule has 0 aromatic heterocycles. The molecule has 6 nitrogen and oxygen atoms in total. The Bertz CT molecular complexity index is 548. The third-order valence-electron chi connectivity index (χ3n) is 4.06. The van der Waals surface area contributed by atoms with Crippen LogP contribution < -0.4 is 10.6 Å². The monoisotopic (exact) mass is 319 g/mol. The van der Waals surface area contributed by atoms with Gasteiger partial charge < -0.3 is 20.3 Å². The average Bonchev–Trinajstić information content (AvgIpc) is 2.99. The molecule has 1 aromatic carbocycles. The summed E-state index contributed by atoms with van der Waals surface area (Å²) in [5.74, 6) is 0.456. The van der Waals surface area contributed by atoms with Gasteiger partial charge in [0.2, 0.25) is 0 Å². The van der Waals surface area contributed by atoms with Gasteiger partial charge in [0, 0.05) is 38.0 Å². The summed E-state index contributed by atoms with van der Waals surface area (Å²) in [5, 5.41) is 5.68. The summed E-state index contributed by atoms with van der Waals surface area (Å²) >= 11 is 0. The molecule has 0 spiro atoms. The van der Waals surface area contributed by atoms with Crippen LogP contribution >= 0.6 is 0 Å². The van der Waals surface area contributed by atoms with Gasteiger partial charge in [-0.3, -0.25) is 4.79 Å². The van der Waals surface area contributed by atoms with E-state index in [-0.39, 0.29) is 11.8 Å². The van der Waals surface area contributed by atoms with Crippen molar-refractivity contribution in [1.29, 1.82) is 0 Å². The summed E-state index contributed by atoms with van der Waals surface area (Å²) in [7, 11) is 1.71. The normalized spacial score (nSPS) is 17.9. The van der Waals surface area contributed by atoms with E-state index in [0.717, 1.165) is 32.7 Å². The lowest BCUT2D eigenvalue weighted by molar-refractivity contribution is 0.101. The highest BCUT2D eigenvalue weighted by molar-refractivity contribution is 5.96. The van der Waals surface area contributed by atoms with Crippen molar-refractivity contribution in [2.45, 2.75) is 13.3 Å². The Morgan fingerprint density at radius 1 is 1.39 bits per heavy atom. The lowest BCUT2D eigenvalue weighted by Gasteiger charge is -2.15. The summed E-state index contributed by atoms with van der Waals surface area (Å²) in [4.78, 5) is 25.7. The van der Waals surface area contributed by atoms with Gasteiger partial charge in [0.05, 0.1) is 6.61 Å². The Balaban J connectivity index is 1.73. The van der Waals surface area contributed by atoms with Crippen LogP contribution in [-0.2, 0) is 4.74 Å². The SMILES string of the molecule is COCCN1CCC(CNC(=O)Nc2cccc(C(C)=O)c2)C1. The molecule has 0 radical (unpaired) electrons. The van der Waals surface area contributed by atoms with Gasteiger partial charge in [0.1, 0.15) is 0 Å². The highest BCUT2D eigenvalue weighted by atomic mass is 16.5. The Labute approximate surface area is 137 Å². The van der Waals surface area contributed by atoms with Crippen molar-refractivity contribution < 1.29 is 14.3 Å². The van der Waals surface area contributed by atoms with Crippen molar-refractivity contribution in [3.05, 3.63) is 29.8 Å². The number of ether oxygens (including phenoxy) is 1. The topological polar surface area (TPSA) is 70.7 Å². The van der Waals surface area contributed by atoms with Crippen LogP contribution in [0.3, 0.4) is 0 Å². The highest BCUT2D eigenvalue weighted by Gasteiger charge is 2.22. The molecule has 1 atom stereocenters. The van der Waals surface area contributed by atoms with Gasteiger partial charge in [0.25, 0.3) is 0 Å². The number of nitrogens with one attached hydrogen (secondary N) is 2. The number of nitrogens with zero attached hydrogens (tertiary/aromatic N) is 1. The van der Waals surface area contributed by atoms with Crippen molar-refractivity contribution in [2.75, 3.05) is 45.2 Å². The van der Waals surface area contributed by atoms with Crippen molar-refractivity contribution >= 4 is 17.5 Å².